The lowest BCUT2D eigenvalue weighted by atomic mass is 10.0. The molecule has 0 radical (unpaired) electrons. The average Bonchev–Trinajstić information content (AvgIpc) is 2.46. The van der Waals surface area contributed by atoms with Crippen LogP contribution in [-0.2, 0) is 9.63 Å². The molecule has 0 aliphatic carbocycles. The highest BCUT2D eigenvalue weighted by atomic mass is 16.7. The summed E-state index contributed by atoms with van der Waals surface area (Å²) in [4.78, 5) is 17.6. The molecule has 0 rings (SSSR count). The summed E-state index contributed by atoms with van der Waals surface area (Å²) in [6.07, 6.45) is 15.5. The SMILES string of the molecule is CCCCCCCCCCCCCCC(=O)ON=[N+]=[N-]. The number of hydrogen-bond acceptors (Lipinski definition) is 3. The van der Waals surface area contributed by atoms with E-state index in [2.05, 4.69) is 22.0 Å². The Morgan fingerprint density at radius 3 is 1.80 bits per heavy atom. The monoisotopic (exact) mass is 283 g/mol. The van der Waals surface area contributed by atoms with Crippen molar-refractivity contribution < 1.29 is 9.63 Å². The molecule has 0 unspecified atom stereocenters. The second kappa shape index (κ2) is 15.8. The summed E-state index contributed by atoms with van der Waals surface area (Å²) in [7, 11) is 0. The molecule has 0 aromatic heterocycles. The minimum Gasteiger partial charge on any atom is -0.359 e. The molecule has 0 N–H and O–H groups in total. The molecule has 0 fully saturated rings. The molecular weight excluding hydrogens is 254 g/mol. The van der Waals surface area contributed by atoms with Gasteiger partial charge < -0.3 is 4.84 Å². The van der Waals surface area contributed by atoms with E-state index in [1.165, 1.54) is 64.2 Å². The molecule has 0 aliphatic rings. The molecule has 5 heteroatoms. The van der Waals surface area contributed by atoms with E-state index in [1.807, 2.05) is 0 Å². The van der Waals surface area contributed by atoms with Crippen molar-refractivity contribution in [1.82, 2.24) is 0 Å². The van der Waals surface area contributed by atoms with Crippen molar-refractivity contribution in [3.63, 3.8) is 0 Å². The van der Waals surface area contributed by atoms with Crippen molar-refractivity contribution in [2.45, 2.75) is 90.4 Å². The zero-order chi connectivity index (χ0) is 14.9. The van der Waals surface area contributed by atoms with Crippen molar-refractivity contribution >= 4 is 5.97 Å². The summed E-state index contributed by atoms with van der Waals surface area (Å²) in [5, 5.41) is 2.78. The van der Waals surface area contributed by atoms with Crippen LogP contribution in [0.15, 0.2) is 5.28 Å². The summed E-state index contributed by atoms with van der Waals surface area (Å²) >= 11 is 0. The maximum atomic E-state index is 11.0. The van der Waals surface area contributed by atoms with Gasteiger partial charge in [0.15, 0.2) is 0 Å². The molecular formula is C15H29N3O2. The molecule has 20 heavy (non-hydrogen) atoms. The number of carbonyl (C=O) groups excluding carboxylic acids is 1. The highest BCUT2D eigenvalue weighted by Crippen LogP contribution is 2.12. The van der Waals surface area contributed by atoms with Gasteiger partial charge in [-0.1, -0.05) is 77.6 Å². The Labute approximate surface area is 122 Å². The number of unbranched alkanes of at least 4 members (excludes halogenated alkanes) is 11. The fourth-order valence-corrected chi connectivity index (χ4v) is 2.22. The lowest BCUT2D eigenvalue weighted by Gasteiger charge is -2.02. The van der Waals surface area contributed by atoms with Crippen LogP contribution in [-0.4, -0.2) is 5.97 Å². The van der Waals surface area contributed by atoms with Crippen LogP contribution in [0.3, 0.4) is 0 Å². The van der Waals surface area contributed by atoms with Crippen LogP contribution in [0, 0.1) is 0 Å². The largest absolute Gasteiger partial charge is 0.359 e. The summed E-state index contributed by atoms with van der Waals surface area (Å²) in [6, 6.07) is 0. The number of carbonyl (C=O) groups is 1. The Bertz CT molecular complexity index is 276. The molecule has 116 valence electrons. The first-order valence-corrected chi connectivity index (χ1v) is 8.05. The molecule has 0 aliphatic heterocycles. The summed E-state index contributed by atoms with van der Waals surface area (Å²) < 4.78 is 0. The van der Waals surface area contributed by atoms with Crippen LogP contribution in [0.4, 0.5) is 0 Å². The molecule has 0 saturated heterocycles. The Balaban J connectivity index is 3.09. The topological polar surface area (TPSA) is 75.1 Å². The molecule has 0 heterocycles. The second-order valence-electron chi connectivity index (χ2n) is 5.27. The lowest BCUT2D eigenvalue weighted by Crippen LogP contribution is -1.98. The molecule has 5 nitrogen and oxygen atoms in total. The van der Waals surface area contributed by atoms with Crippen molar-refractivity contribution in [3.05, 3.63) is 10.4 Å². The van der Waals surface area contributed by atoms with Crippen LogP contribution >= 0.6 is 0 Å². The van der Waals surface area contributed by atoms with Crippen molar-refractivity contribution in [1.29, 1.82) is 0 Å². The predicted molar refractivity (Wildman–Crippen MR) is 80.9 cm³/mol. The minimum atomic E-state index is -0.435. The van der Waals surface area contributed by atoms with E-state index in [4.69, 9.17) is 5.53 Å². The third kappa shape index (κ3) is 14.8. The van der Waals surface area contributed by atoms with E-state index in [-0.39, 0.29) is 0 Å². The molecule has 0 bridgehead atoms. The Morgan fingerprint density at radius 2 is 1.35 bits per heavy atom. The fraction of sp³-hybridized carbons (Fsp3) is 0.933. The van der Waals surface area contributed by atoms with E-state index in [0.29, 0.717) is 6.42 Å². The van der Waals surface area contributed by atoms with Gasteiger partial charge in [-0.3, -0.25) is 4.79 Å². The average molecular weight is 283 g/mol. The van der Waals surface area contributed by atoms with Crippen LogP contribution in [0.1, 0.15) is 90.4 Å². The maximum absolute atomic E-state index is 11.0. The summed E-state index contributed by atoms with van der Waals surface area (Å²) in [5.41, 5.74) is 7.97. The molecule has 0 aromatic carbocycles. The quantitative estimate of drug-likeness (QED) is 0.132. The van der Waals surface area contributed by atoms with Crippen LogP contribution in [0.25, 0.3) is 10.4 Å². The maximum Gasteiger partial charge on any atom is 0.317 e. The van der Waals surface area contributed by atoms with E-state index >= 15 is 0 Å². The summed E-state index contributed by atoms with van der Waals surface area (Å²) in [5.74, 6) is -0.435. The van der Waals surface area contributed by atoms with Gasteiger partial charge in [-0.05, 0) is 12.0 Å². The third-order valence-corrected chi connectivity index (χ3v) is 3.41. The number of hydrogen-bond donors (Lipinski definition) is 0. The normalized spacial score (nSPS) is 10.1. The van der Waals surface area contributed by atoms with E-state index in [9.17, 15) is 4.79 Å². The predicted octanol–water partition coefficient (Wildman–Crippen LogP) is 5.85. The third-order valence-electron chi connectivity index (χ3n) is 3.41. The molecule has 0 amide bonds. The van der Waals surface area contributed by atoms with Crippen molar-refractivity contribution in [2.75, 3.05) is 0 Å². The molecule has 0 atom stereocenters. The Kier molecular flexibility index (Phi) is 14.9. The van der Waals surface area contributed by atoms with Crippen LogP contribution in [0.5, 0.6) is 0 Å². The van der Waals surface area contributed by atoms with E-state index in [0.717, 1.165) is 12.8 Å². The number of rotatable bonds is 14. The number of nitrogens with zero attached hydrogens (tertiary/aromatic N) is 3. The second-order valence-corrected chi connectivity index (χ2v) is 5.27. The van der Waals surface area contributed by atoms with Gasteiger partial charge in [-0.15, -0.1) is 0 Å². The van der Waals surface area contributed by atoms with Gasteiger partial charge >= 0.3 is 5.97 Å². The Morgan fingerprint density at radius 1 is 0.900 bits per heavy atom. The van der Waals surface area contributed by atoms with Gasteiger partial charge in [0.2, 0.25) is 0 Å². The first-order valence-electron chi connectivity index (χ1n) is 8.05. The summed E-state index contributed by atoms with van der Waals surface area (Å²) in [6.45, 7) is 2.25. The first-order chi connectivity index (χ1) is 9.81. The van der Waals surface area contributed by atoms with Gasteiger partial charge in [-0.2, -0.15) is 0 Å². The van der Waals surface area contributed by atoms with Gasteiger partial charge in [-0.25, -0.2) is 0 Å². The van der Waals surface area contributed by atoms with Gasteiger partial charge in [0.1, 0.15) is 5.28 Å². The smallest absolute Gasteiger partial charge is 0.317 e. The van der Waals surface area contributed by atoms with E-state index in [1.54, 1.807) is 0 Å². The minimum absolute atomic E-state index is 0.344. The highest BCUT2D eigenvalue weighted by molar-refractivity contribution is 5.68. The van der Waals surface area contributed by atoms with E-state index < -0.39 is 5.97 Å². The Hall–Kier alpha value is -1.22. The van der Waals surface area contributed by atoms with Gasteiger partial charge in [0.05, 0.1) is 0 Å². The zero-order valence-corrected chi connectivity index (χ0v) is 12.9. The van der Waals surface area contributed by atoms with Gasteiger partial charge in [0.25, 0.3) is 0 Å². The highest BCUT2D eigenvalue weighted by Gasteiger charge is 2.00. The molecule has 0 spiro atoms. The zero-order valence-electron chi connectivity index (χ0n) is 12.9. The lowest BCUT2D eigenvalue weighted by molar-refractivity contribution is -0.144. The first kappa shape index (κ1) is 18.8. The molecule has 0 aromatic rings. The van der Waals surface area contributed by atoms with Crippen LogP contribution in [0.2, 0.25) is 0 Å². The standard InChI is InChI=1S/C15H29N3O2/c1-2-3-4-5-6-7-8-9-10-11-12-13-14-15(19)20-18-17-16/h2-14H2,1H3. The van der Waals surface area contributed by atoms with Crippen molar-refractivity contribution in [2.24, 2.45) is 5.28 Å². The fourth-order valence-electron chi connectivity index (χ4n) is 2.22. The van der Waals surface area contributed by atoms with Gasteiger partial charge in [0, 0.05) is 11.3 Å². The van der Waals surface area contributed by atoms with Crippen molar-refractivity contribution in [3.8, 4) is 0 Å². The molecule has 0 saturated carbocycles. The van der Waals surface area contributed by atoms with Crippen LogP contribution < -0.4 is 0 Å². The number of azide groups is 1.